The number of para-hydroxylation sites is 1. The van der Waals surface area contributed by atoms with Crippen LogP contribution < -0.4 is 4.74 Å². The number of rotatable bonds is 7. The van der Waals surface area contributed by atoms with Gasteiger partial charge in [0.1, 0.15) is 5.75 Å². The van der Waals surface area contributed by atoms with Gasteiger partial charge in [-0.25, -0.2) is 8.42 Å². The second kappa shape index (κ2) is 7.36. The quantitative estimate of drug-likeness (QED) is 0.698. The van der Waals surface area contributed by atoms with Crippen LogP contribution in [0.25, 0.3) is 0 Å². The van der Waals surface area contributed by atoms with E-state index in [1.54, 1.807) is 0 Å². The number of halogens is 2. The van der Waals surface area contributed by atoms with Gasteiger partial charge in [0.05, 0.1) is 16.8 Å². The van der Waals surface area contributed by atoms with Gasteiger partial charge in [0, 0.05) is 10.7 Å². The van der Waals surface area contributed by atoms with Crippen LogP contribution in [0.15, 0.2) is 28.7 Å². The van der Waals surface area contributed by atoms with Crippen LogP contribution in [0.5, 0.6) is 5.75 Å². The van der Waals surface area contributed by atoms with Crippen LogP contribution in [0.1, 0.15) is 19.8 Å². The highest BCUT2D eigenvalue weighted by Gasteiger charge is 2.10. The van der Waals surface area contributed by atoms with Crippen molar-refractivity contribution in [1.82, 2.24) is 0 Å². The zero-order valence-electron chi connectivity index (χ0n) is 10.1. The van der Waals surface area contributed by atoms with Crippen molar-refractivity contribution in [2.75, 3.05) is 12.4 Å². The molecule has 0 spiro atoms. The van der Waals surface area contributed by atoms with Crippen molar-refractivity contribution < 1.29 is 13.2 Å². The summed E-state index contributed by atoms with van der Waals surface area (Å²) in [6.45, 7) is 2.55. The molecular formula is C12H16BrClO3S. The van der Waals surface area contributed by atoms with Crippen LogP contribution in [0.2, 0.25) is 0 Å². The minimum atomic E-state index is -3.38. The molecule has 0 amide bonds. The standard InChI is InChI=1S/C12H16BrClO3S/c1-10(7-9-18(14,15)16)6-8-17-12-5-3-2-4-11(12)13/h2-5,10H,6-9H2,1H3. The molecule has 0 saturated carbocycles. The molecule has 102 valence electrons. The van der Waals surface area contributed by atoms with Crippen molar-refractivity contribution in [3.63, 3.8) is 0 Å². The molecule has 18 heavy (non-hydrogen) atoms. The van der Waals surface area contributed by atoms with Gasteiger partial charge < -0.3 is 4.74 Å². The Morgan fingerprint density at radius 2 is 2.00 bits per heavy atom. The Labute approximate surface area is 121 Å². The van der Waals surface area contributed by atoms with E-state index < -0.39 is 9.05 Å². The van der Waals surface area contributed by atoms with Crippen LogP contribution in [0.3, 0.4) is 0 Å². The van der Waals surface area contributed by atoms with Crippen molar-refractivity contribution in [3.05, 3.63) is 28.7 Å². The average Bonchev–Trinajstić information content (AvgIpc) is 2.28. The molecule has 0 aliphatic heterocycles. The Bertz CT molecular complexity index is 476. The van der Waals surface area contributed by atoms with Gasteiger partial charge in [-0.15, -0.1) is 0 Å². The highest BCUT2D eigenvalue weighted by molar-refractivity contribution is 9.10. The molecule has 0 fully saturated rings. The molecule has 6 heteroatoms. The van der Waals surface area contributed by atoms with Gasteiger partial charge in [-0.2, -0.15) is 0 Å². The van der Waals surface area contributed by atoms with Gasteiger partial charge in [-0.05, 0) is 46.8 Å². The topological polar surface area (TPSA) is 43.4 Å². The summed E-state index contributed by atoms with van der Waals surface area (Å²) in [6.07, 6.45) is 1.36. The third-order valence-corrected chi connectivity index (χ3v) is 4.40. The maximum absolute atomic E-state index is 10.8. The summed E-state index contributed by atoms with van der Waals surface area (Å²) in [4.78, 5) is 0. The third kappa shape index (κ3) is 6.61. The van der Waals surface area contributed by atoms with Crippen molar-refractivity contribution in [1.29, 1.82) is 0 Å². The number of hydrogen-bond acceptors (Lipinski definition) is 3. The highest BCUT2D eigenvalue weighted by atomic mass is 79.9. The summed E-state index contributed by atoms with van der Waals surface area (Å²) in [5.74, 6) is 1.08. The van der Waals surface area contributed by atoms with E-state index in [2.05, 4.69) is 15.9 Å². The minimum absolute atomic E-state index is 0.0186. The van der Waals surface area contributed by atoms with Crippen molar-refractivity contribution in [3.8, 4) is 5.75 Å². The summed E-state index contributed by atoms with van der Waals surface area (Å²) < 4.78 is 28.1. The van der Waals surface area contributed by atoms with E-state index in [0.717, 1.165) is 16.6 Å². The van der Waals surface area contributed by atoms with Crippen LogP contribution >= 0.6 is 26.6 Å². The lowest BCUT2D eigenvalue weighted by molar-refractivity contribution is 0.280. The molecule has 1 aromatic carbocycles. The zero-order chi connectivity index (χ0) is 13.6. The lowest BCUT2D eigenvalue weighted by Crippen LogP contribution is -2.08. The number of ether oxygens (including phenoxy) is 1. The first kappa shape index (κ1) is 15.8. The first-order valence-corrected chi connectivity index (χ1v) is 8.95. The fraction of sp³-hybridized carbons (Fsp3) is 0.500. The fourth-order valence-corrected chi connectivity index (χ4v) is 2.77. The van der Waals surface area contributed by atoms with Crippen LogP contribution in [-0.4, -0.2) is 20.8 Å². The second-order valence-corrected chi connectivity index (χ2v) is 7.96. The van der Waals surface area contributed by atoms with Crippen molar-refractivity contribution in [2.45, 2.75) is 19.8 Å². The second-order valence-electron chi connectivity index (χ2n) is 4.20. The SMILES string of the molecule is CC(CCOc1ccccc1Br)CCS(=O)(=O)Cl. The predicted molar refractivity (Wildman–Crippen MR) is 77.7 cm³/mol. The van der Waals surface area contributed by atoms with Gasteiger partial charge in [0.15, 0.2) is 0 Å². The van der Waals surface area contributed by atoms with Gasteiger partial charge >= 0.3 is 0 Å². The summed E-state index contributed by atoms with van der Waals surface area (Å²) in [5.41, 5.74) is 0. The van der Waals surface area contributed by atoms with E-state index in [9.17, 15) is 8.42 Å². The van der Waals surface area contributed by atoms with E-state index in [-0.39, 0.29) is 11.7 Å². The van der Waals surface area contributed by atoms with E-state index in [4.69, 9.17) is 15.4 Å². The largest absolute Gasteiger partial charge is 0.492 e. The number of benzene rings is 1. The highest BCUT2D eigenvalue weighted by Crippen LogP contribution is 2.24. The number of hydrogen-bond donors (Lipinski definition) is 0. The lowest BCUT2D eigenvalue weighted by Gasteiger charge is -2.12. The van der Waals surface area contributed by atoms with Gasteiger partial charge in [0.25, 0.3) is 0 Å². The van der Waals surface area contributed by atoms with Crippen molar-refractivity contribution >= 4 is 35.7 Å². The molecule has 0 radical (unpaired) electrons. The summed E-state index contributed by atoms with van der Waals surface area (Å²) in [7, 11) is 1.78. The molecular weight excluding hydrogens is 340 g/mol. The molecule has 0 aromatic heterocycles. The molecule has 1 atom stereocenters. The van der Waals surface area contributed by atoms with Gasteiger partial charge in [-0.3, -0.25) is 0 Å². The van der Waals surface area contributed by atoms with Gasteiger partial charge in [-0.1, -0.05) is 19.1 Å². The van der Waals surface area contributed by atoms with E-state index >= 15 is 0 Å². The molecule has 1 rings (SSSR count). The smallest absolute Gasteiger partial charge is 0.232 e. The van der Waals surface area contributed by atoms with Crippen molar-refractivity contribution in [2.24, 2.45) is 5.92 Å². The Balaban J connectivity index is 2.28. The fourth-order valence-electron chi connectivity index (χ4n) is 1.42. The average molecular weight is 356 g/mol. The predicted octanol–water partition coefficient (Wildman–Crippen LogP) is 3.81. The molecule has 0 heterocycles. The molecule has 0 aliphatic rings. The van der Waals surface area contributed by atoms with Crippen LogP contribution in [0, 0.1) is 5.92 Å². The minimum Gasteiger partial charge on any atom is -0.492 e. The maximum atomic E-state index is 10.8. The van der Waals surface area contributed by atoms with Gasteiger partial charge in [0.2, 0.25) is 9.05 Å². The first-order valence-electron chi connectivity index (χ1n) is 5.68. The Kier molecular flexibility index (Phi) is 6.46. The summed E-state index contributed by atoms with van der Waals surface area (Å²) >= 11 is 3.40. The third-order valence-electron chi connectivity index (χ3n) is 2.56. The molecule has 0 N–H and O–H groups in total. The molecule has 3 nitrogen and oxygen atoms in total. The Hall–Kier alpha value is -0.260. The van der Waals surface area contributed by atoms with Crippen LogP contribution in [0.4, 0.5) is 0 Å². The lowest BCUT2D eigenvalue weighted by atomic mass is 10.1. The van der Waals surface area contributed by atoms with E-state index in [0.29, 0.717) is 13.0 Å². The van der Waals surface area contributed by atoms with E-state index in [1.807, 2.05) is 31.2 Å². The van der Waals surface area contributed by atoms with Crippen LogP contribution in [-0.2, 0) is 9.05 Å². The Morgan fingerprint density at radius 3 is 2.61 bits per heavy atom. The van der Waals surface area contributed by atoms with E-state index in [1.165, 1.54) is 0 Å². The first-order chi connectivity index (χ1) is 8.38. The summed E-state index contributed by atoms with van der Waals surface area (Å²) in [6, 6.07) is 7.63. The normalized spacial score (nSPS) is 13.3. The molecule has 0 aliphatic carbocycles. The molecule has 1 aromatic rings. The Morgan fingerprint density at radius 1 is 1.33 bits per heavy atom. The zero-order valence-corrected chi connectivity index (χ0v) is 13.3. The monoisotopic (exact) mass is 354 g/mol. The molecule has 0 bridgehead atoms. The molecule has 0 saturated heterocycles. The summed E-state index contributed by atoms with van der Waals surface area (Å²) in [5, 5.41) is 0. The maximum Gasteiger partial charge on any atom is 0.232 e. The molecule has 1 unspecified atom stereocenters.